The van der Waals surface area contributed by atoms with Crippen molar-refractivity contribution in [2.75, 3.05) is 0 Å². The Morgan fingerprint density at radius 2 is 1.28 bits per heavy atom. The molecule has 0 aliphatic carbocycles. The molecule has 0 saturated heterocycles. The van der Waals surface area contributed by atoms with E-state index >= 15 is 0 Å². The molecule has 2 aromatic heterocycles. The van der Waals surface area contributed by atoms with E-state index < -0.39 is 0 Å². The summed E-state index contributed by atoms with van der Waals surface area (Å²) in [6, 6.07) is 16.8. The minimum Gasteiger partial charge on any atom is -0.152 e. The van der Waals surface area contributed by atoms with Gasteiger partial charge in [-0.25, -0.2) is 0 Å². The van der Waals surface area contributed by atoms with Crippen molar-refractivity contribution in [2.24, 2.45) is 0 Å². The maximum absolute atomic E-state index is 5.75. The van der Waals surface area contributed by atoms with E-state index in [1.807, 2.05) is 6.07 Å². The van der Waals surface area contributed by atoms with E-state index in [0.29, 0.717) is 0 Å². The van der Waals surface area contributed by atoms with E-state index in [2.05, 4.69) is 58.4 Å². The molecule has 0 aliphatic heterocycles. The largest absolute Gasteiger partial charge is 0.152 e. The number of benzene rings is 1. The molecule has 2 heterocycles. The molecule has 0 amide bonds. The molecule has 0 unspecified atom stereocenters. The number of hydrogen-bond acceptors (Lipinski definition) is 2. The smallest absolute Gasteiger partial charge is 0.128 e. The van der Waals surface area contributed by atoms with Gasteiger partial charge in [-0.3, -0.25) is 0 Å². The lowest BCUT2D eigenvalue weighted by Gasteiger charge is -2.00. The predicted octanol–water partition coefficient (Wildman–Crippen LogP) is 4.70. The van der Waals surface area contributed by atoms with Crippen LogP contribution in [-0.4, -0.2) is 7.85 Å². The Morgan fingerprint density at radius 3 is 1.72 bits per heavy atom. The first-order valence-corrected chi connectivity index (χ1v) is 7.86. The fourth-order valence-electron chi connectivity index (χ4n) is 1.78. The van der Waals surface area contributed by atoms with Crippen LogP contribution >= 0.6 is 38.6 Å². The molecule has 86 valence electrons. The second kappa shape index (κ2) is 5.04. The van der Waals surface area contributed by atoms with Crippen molar-refractivity contribution in [1.82, 2.24) is 0 Å². The Balaban J connectivity index is 1.94. The number of rotatable bonds is 2. The van der Waals surface area contributed by atoms with Gasteiger partial charge in [0.05, 0.1) is 3.79 Å². The van der Waals surface area contributed by atoms with Crippen molar-refractivity contribution in [3.63, 3.8) is 0 Å². The molecule has 0 aliphatic rings. The van der Waals surface area contributed by atoms with E-state index in [0.717, 1.165) is 8.56 Å². The highest BCUT2D eigenvalue weighted by atomic mass is 79.9. The molecular formula is C14H8BBrS2. The van der Waals surface area contributed by atoms with Gasteiger partial charge in [0.2, 0.25) is 0 Å². The van der Waals surface area contributed by atoms with Crippen LogP contribution < -0.4 is 4.78 Å². The zero-order chi connectivity index (χ0) is 12.5. The fraction of sp³-hybridized carbons (Fsp3) is 0. The number of thiophene rings is 2. The molecule has 3 rings (SSSR count). The minimum atomic E-state index is 0.858. The SMILES string of the molecule is [B]c1ccc(-c2ccc(-c3ccc(Br)s3)cc2)s1. The summed E-state index contributed by atoms with van der Waals surface area (Å²) >= 11 is 6.86. The monoisotopic (exact) mass is 330 g/mol. The van der Waals surface area contributed by atoms with Crippen molar-refractivity contribution in [3.8, 4) is 20.9 Å². The summed E-state index contributed by atoms with van der Waals surface area (Å²) in [5.74, 6) is 0. The van der Waals surface area contributed by atoms with E-state index in [4.69, 9.17) is 7.85 Å². The summed E-state index contributed by atoms with van der Waals surface area (Å²) in [6.45, 7) is 0. The molecule has 0 fully saturated rings. The summed E-state index contributed by atoms with van der Waals surface area (Å²) < 4.78 is 2.02. The van der Waals surface area contributed by atoms with Crippen LogP contribution in [0.2, 0.25) is 0 Å². The van der Waals surface area contributed by atoms with Crippen LogP contribution in [0.1, 0.15) is 0 Å². The van der Waals surface area contributed by atoms with Crippen molar-refractivity contribution in [1.29, 1.82) is 0 Å². The molecule has 0 nitrogen and oxygen atoms in total. The summed E-state index contributed by atoms with van der Waals surface area (Å²) in [6.07, 6.45) is 0. The molecule has 0 saturated carbocycles. The highest BCUT2D eigenvalue weighted by Gasteiger charge is 2.03. The van der Waals surface area contributed by atoms with Crippen molar-refractivity contribution in [3.05, 3.63) is 52.3 Å². The first-order chi connectivity index (χ1) is 8.72. The third-order valence-electron chi connectivity index (χ3n) is 2.65. The lowest BCUT2D eigenvalue weighted by Crippen LogP contribution is -1.88. The first kappa shape index (κ1) is 12.2. The van der Waals surface area contributed by atoms with Gasteiger partial charge in [0, 0.05) is 9.75 Å². The minimum absolute atomic E-state index is 0.858. The van der Waals surface area contributed by atoms with E-state index in [9.17, 15) is 0 Å². The molecule has 0 spiro atoms. The predicted molar refractivity (Wildman–Crippen MR) is 86.2 cm³/mol. The highest BCUT2D eigenvalue weighted by Crippen LogP contribution is 2.32. The van der Waals surface area contributed by atoms with Crippen LogP contribution in [0.25, 0.3) is 20.9 Å². The van der Waals surface area contributed by atoms with Crippen LogP contribution in [0.5, 0.6) is 0 Å². The molecule has 0 atom stereocenters. The third kappa shape index (κ3) is 2.46. The van der Waals surface area contributed by atoms with Gasteiger partial charge in [-0.15, -0.1) is 11.3 Å². The van der Waals surface area contributed by atoms with Crippen LogP contribution in [0.3, 0.4) is 0 Å². The van der Waals surface area contributed by atoms with E-state index in [1.54, 1.807) is 22.7 Å². The van der Waals surface area contributed by atoms with Crippen molar-refractivity contribution < 1.29 is 0 Å². The maximum atomic E-state index is 5.75. The molecule has 0 bridgehead atoms. The van der Waals surface area contributed by atoms with Crippen LogP contribution in [0.15, 0.2) is 52.3 Å². The van der Waals surface area contributed by atoms with Gasteiger partial charge >= 0.3 is 0 Å². The van der Waals surface area contributed by atoms with Crippen molar-refractivity contribution in [2.45, 2.75) is 0 Å². The van der Waals surface area contributed by atoms with Gasteiger partial charge < -0.3 is 0 Å². The maximum Gasteiger partial charge on any atom is 0.128 e. The van der Waals surface area contributed by atoms with Gasteiger partial charge in [0.15, 0.2) is 0 Å². The van der Waals surface area contributed by atoms with Crippen LogP contribution in [-0.2, 0) is 0 Å². The highest BCUT2D eigenvalue weighted by molar-refractivity contribution is 9.11. The average molecular weight is 331 g/mol. The quantitative estimate of drug-likeness (QED) is 0.597. The summed E-state index contributed by atoms with van der Waals surface area (Å²) in [5.41, 5.74) is 2.47. The van der Waals surface area contributed by atoms with Crippen molar-refractivity contribution >= 4 is 51.2 Å². The number of hydrogen-bond donors (Lipinski definition) is 0. The molecular weight excluding hydrogens is 323 g/mol. The standard InChI is InChI=1S/C14H8BBrS2/c15-13-7-5-11(17-13)9-1-3-10(4-2-9)12-6-8-14(16)18-12/h1-8H. The molecule has 3 aromatic rings. The van der Waals surface area contributed by atoms with Gasteiger partial charge in [0.1, 0.15) is 7.85 Å². The van der Waals surface area contributed by atoms with Gasteiger partial charge in [-0.2, -0.15) is 11.3 Å². The zero-order valence-corrected chi connectivity index (χ0v) is 12.6. The Hall–Kier alpha value is -0.835. The molecule has 0 N–H and O–H groups in total. The Labute approximate surface area is 124 Å². The molecule has 2 radical (unpaired) electrons. The van der Waals surface area contributed by atoms with E-state index in [-0.39, 0.29) is 0 Å². The summed E-state index contributed by atoms with van der Waals surface area (Å²) in [7, 11) is 5.75. The van der Waals surface area contributed by atoms with Crippen LogP contribution in [0.4, 0.5) is 0 Å². The Bertz CT molecular complexity index is 608. The summed E-state index contributed by atoms with van der Waals surface area (Å²) in [4.78, 5) is 2.49. The third-order valence-corrected chi connectivity index (χ3v) is 5.29. The van der Waals surface area contributed by atoms with Gasteiger partial charge in [-0.05, 0) is 50.0 Å². The van der Waals surface area contributed by atoms with E-state index in [1.165, 1.54) is 20.9 Å². The van der Waals surface area contributed by atoms with Gasteiger partial charge in [0.25, 0.3) is 0 Å². The molecule has 4 heteroatoms. The normalized spacial score (nSPS) is 10.7. The lowest BCUT2D eigenvalue weighted by atomic mass is 10.1. The molecule has 1 aromatic carbocycles. The van der Waals surface area contributed by atoms with Crippen LogP contribution in [0, 0.1) is 0 Å². The second-order valence-electron chi connectivity index (χ2n) is 3.88. The Kier molecular flexibility index (Phi) is 3.42. The lowest BCUT2D eigenvalue weighted by molar-refractivity contribution is 1.69. The first-order valence-electron chi connectivity index (χ1n) is 5.44. The van der Waals surface area contributed by atoms with Gasteiger partial charge in [-0.1, -0.05) is 30.3 Å². The second-order valence-corrected chi connectivity index (χ2v) is 7.46. The zero-order valence-electron chi connectivity index (χ0n) is 9.39. The fourth-order valence-corrected chi connectivity index (χ4v) is 3.95. The number of halogens is 1. The molecule has 18 heavy (non-hydrogen) atoms. The topological polar surface area (TPSA) is 0 Å². The average Bonchev–Trinajstić information content (AvgIpc) is 2.98. The Morgan fingerprint density at radius 1 is 0.722 bits per heavy atom. The summed E-state index contributed by atoms with van der Waals surface area (Å²) in [5, 5.41) is 0.